The summed E-state index contributed by atoms with van der Waals surface area (Å²) in [5.74, 6) is -1.56. The molecule has 4 heterocycles. The van der Waals surface area contributed by atoms with Crippen LogP contribution in [0.1, 0.15) is 94.4 Å². The van der Waals surface area contributed by atoms with Crippen LogP contribution < -0.4 is 5.32 Å². The second-order valence-corrected chi connectivity index (χ2v) is 14.7. The molecule has 1 amide bonds. The predicted octanol–water partition coefficient (Wildman–Crippen LogP) is 4.06. The van der Waals surface area contributed by atoms with Gasteiger partial charge in [0.15, 0.2) is 6.10 Å². The SMILES string of the molecule is CC[C@H](O)[C@@H](C)[C@H]1O[C@@H]1C[C@@](C)(O)/C=C/C=C(\C)[C@H]1OC(=O)C[C@H](O)CC[C@@](C)(OC(C)=O)[C@@H](OC(=O)N2C[C@H]3C[C@@H]2CN3)/C=C/[C@@H]1C.[2HH].[2H][2H].[2H][2H]. The number of rotatable bonds is 10. The highest BCUT2D eigenvalue weighted by atomic mass is 16.6. The van der Waals surface area contributed by atoms with Crippen molar-refractivity contribution in [1.82, 2.24) is 10.2 Å². The maximum atomic E-state index is 13.4. The summed E-state index contributed by atoms with van der Waals surface area (Å²) in [7, 11) is 0. The van der Waals surface area contributed by atoms with Crippen LogP contribution >= 0.6 is 0 Å². The molecule has 3 fully saturated rings. The number of amides is 1. The summed E-state index contributed by atoms with van der Waals surface area (Å²) in [6, 6.07) is 0.273. The average Bonchev–Trinajstić information content (AvgIpc) is 3.49. The van der Waals surface area contributed by atoms with Crippen LogP contribution in [0.5, 0.6) is 0 Å². The topological polar surface area (TPSA) is 167 Å². The number of nitrogens with zero attached hydrogens (tertiary/aromatic N) is 1. The number of epoxide rings is 1. The number of ether oxygens (including phenoxy) is 4. The zero-order valence-electron chi connectivity index (χ0n) is 33.5. The Morgan fingerprint density at radius 1 is 1.33 bits per heavy atom. The summed E-state index contributed by atoms with van der Waals surface area (Å²) < 4.78 is 43.5. The van der Waals surface area contributed by atoms with E-state index < -0.39 is 59.6 Å². The summed E-state index contributed by atoms with van der Waals surface area (Å²) in [4.78, 5) is 40.3. The van der Waals surface area contributed by atoms with Gasteiger partial charge in [-0.3, -0.25) is 9.59 Å². The van der Waals surface area contributed by atoms with E-state index in [0.29, 0.717) is 31.5 Å². The third-order valence-electron chi connectivity index (χ3n) is 10.2. The summed E-state index contributed by atoms with van der Waals surface area (Å²) >= 11 is 0. The number of aliphatic hydroxyl groups is 3. The summed E-state index contributed by atoms with van der Waals surface area (Å²) in [5.41, 5.74) is -1.78. The molecule has 48 heavy (non-hydrogen) atoms. The van der Waals surface area contributed by atoms with Crippen molar-refractivity contribution in [2.45, 2.75) is 147 Å². The van der Waals surface area contributed by atoms with Crippen molar-refractivity contribution in [2.75, 3.05) is 13.1 Å². The summed E-state index contributed by atoms with van der Waals surface area (Å²) in [6.07, 6.45) is 6.52. The normalized spacial score (nSPS) is 37.8. The molecule has 12 heteroatoms. The molecule has 276 valence electrons. The van der Waals surface area contributed by atoms with Gasteiger partial charge in [0.2, 0.25) is 0 Å². The largest absolute Gasteiger partial charge is 0.457 e. The fourth-order valence-corrected chi connectivity index (χ4v) is 7.19. The molecular formula is C36H62N2O10. The van der Waals surface area contributed by atoms with E-state index in [2.05, 4.69) is 5.32 Å². The molecule has 4 N–H and O–H groups in total. The van der Waals surface area contributed by atoms with Crippen molar-refractivity contribution in [3.8, 4) is 0 Å². The summed E-state index contributed by atoms with van der Waals surface area (Å²) in [5, 5.41) is 35.3. The lowest BCUT2D eigenvalue weighted by atomic mass is 9.88. The third-order valence-corrected chi connectivity index (χ3v) is 10.2. The number of likely N-dealkylation sites (tertiary alicyclic amines) is 1. The van der Waals surface area contributed by atoms with Gasteiger partial charge in [-0.25, -0.2) is 4.79 Å². The highest BCUT2D eigenvalue weighted by Crippen LogP contribution is 2.38. The van der Waals surface area contributed by atoms with Crippen LogP contribution in [0.15, 0.2) is 36.0 Å². The van der Waals surface area contributed by atoms with Crippen molar-refractivity contribution in [1.29, 1.82) is 0 Å². The maximum absolute atomic E-state index is 13.4. The van der Waals surface area contributed by atoms with Crippen LogP contribution in [0.4, 0.5) is 4.79 Å². The van der Waals surface area contributed by atoms with Gasteiger partial charge >= 0.3 is 18.0 Å². The first kappa shape index (κ1) is 35.1. The van der Waals surface area contributed by atoms with E-state index in [4.69, 9.17) is 24.9 Å². The van der Waals surface area contributed by atoms with E-state index in [1.165, 1.54) is 6.92 Å². The molecule has 0 spiro atoms. The van der Waals surface area contributed by atoms with Crippen molar-refractivity contribution < 1.29 is 56.0 Å². The molecular weight excluding hydrogens is 620 g/mol. The van der Waals surface area contributed by atoms with Crippen molar-refractivity contribution in [3.63, 3.8) is 0 Å². The number of aliphatic hydroxyl groups excluding tert-OH is 2. The number of hydrogen-bond acceptors (Lipinski definition) is 11. The van der Waals surface area contributed by atoms with Crippen LogP contribution in [0.3, 0.4) is 0 Å². The van der Waals surface area contributed by atoms with Gasteiger partial charge in [0.1, 0.15) is 11.7 Å². The molecule has 0 aromatic heterocycles. The minimum atomic E-state index is -1.30. The Morgan fingerprint density at radius 3 is 2.69 bits per heavy atom. The number of allylic oxidation sites excluding steroid dienone is 2. The van der Waals surface area contributed by atoms with Crippen LogP contribution in [0, 0.1) is 11.8 Å². The van der Waals surface area contributed by atoms with Gasteiger partial charge in [0, 0.05) is 57.7 Å². The monoisotopic (exact) mass is 687 g/mol. The highest BCUT2D eigenvalue weighted by molar-refractivity contribution is 5.71. The average molecular weight is 688 g/mol. The standard InChI is InChI=1S/C36H56N2O10.3H2/c1-8-28(41)23(4)33-29(45-33)18-35(6,44)14-9-10-21(2)32-22(3)11-12-30(46-34(43)38-20-25-16-26(38)19-37-25)36(7,48-24(5)39)15-13-27(40)17-31(42)47-32;;;/h9-12,14,22-23,25-30,32-33,37,40-41,44H,8,13,15-20H2,1-7H3;3*1H/b12-11+,14-9+,21-10+;;;/t22-,23+,25+,26+,27+,28-,29+,30-,32+,33+,35-,36+;;;/m0.../s1/i;2*1+1D;1+1. The zero-order chi connectivity index (χ0) is 39.4. The van der Waals surface area contributed by atoms with E-state index in [0.717, 1.165) is 6.42 Å². The van der Waals surface area contributed by atoms with Gasteiger partial charge in [0.05, 0.1) is 36.4 Å². The molecule has 0 unspecified atom stereocenters. The Bertz CT molecular complexity index is 1270. The van der Waals surface area contributed by atoms with Gasteiger partial charge < -0.3 is 44.5 Å². The number of nitrogens with one attached hydrogen (secondary N) is 1. The molecule has 0 aliphatic carbocycles. The first-order valence-corrected chi connectivity index (χ1v) is 17.4. The van der Waals surface area contributed by atoms with Gasteiger partial charge in [-0.1, -0.05) is 45.1 Å². The van der Waals surface area contributed by atoms with Gasteiger partial charge in [-0.2, -0.15) is 0 Å². The molecule has 0 aromatic carbocycles. The number of piperazine rings is 1. The van der Waals surface area contributed by atoms with Gasteiger partial charge in [-0.15, -0.1) is 0 Å². The maximum Gasteiger partial charge on any atom is 0.410 e. The number of fused-ring (bicyclic) bond motifs is 2. The minimum absolute atomic E-state index is 0. The quantitative estimate of drug-likeness (QED) is 0.0860. The molecule has 12 nitrogen and oxygen atoms in total. The van der Waals surface area contributed by atoms with Crippen molar-refractivity contribution in [3.05, 3.63) is 36.0 Å². The molecule has 4 aliphatic rings. The number of carbonyl (C=O) groups excluding carboxylic acids is 3. The Hall–Kier alpha value is -2.77. The lowest BCUT2D eigenvalue weighted by molar-refractivity contribution is -0.168. The van der Waals surface area contributed by atoms with Crippen LogP contribution in [-0.2, 0) is 28.5 Å². The molecule has 12 atom stereocenters. The Morgan fingerprint density at radius 2 is 2.06 bits per heavy atom. The zero-order valence-corrected chi connectivity index (χ0v) is 29.5. The predicted molar refractivity (Wildman–Crippen MR) is 184 cm³/mol. The molecule has 4 aliphatic heterocycles. The number of esters is 2. The highest BCUT2D eigenvalue weighted by Gasteiger charge is 2.48. The van der Waals surface area contributed by atoms with E-state index >= 15 is 0 Å². The van der Waals surface area contributed by atoms with E-state index in [-0.39, 0.29) is 50.9 Å². The lowest BCUT2D eigenvalue weighted by Crippen LogP contribution is -2.51. The fraction of sp³-hybridized carbons (Fsp3) is 0.750. The minimum Gasteiger partial charge on any atom is -0.457 e. The Labute approximate surface area is 292 Å². The van der Waals surface area contributed by atoms with E-state index in [1.807, 2.05) is 27.7 Å². The van der Waals surface area contributed by atoms with E-state index in [9.17, 15) is 29.7 Å². The third kappa shape index (κ3) is 9.90. The number of cyclic esters (lactones) is 1. The summed E-state index contributed by atoms with van der Waals surface area (Å²) in [6.45, 7) is 13.4. The molecule has 3 saturated heterocycles. The molecule has 0 saturated carbocycles. The Kier molecular flexibility index (Phi) is 11.6. The van der Waals surface area contributed by atoms with E-state index in [1.54, 1.807) is 49.1 Å². The number of hydrogen-bond donors (Lipinski definition) is 4. The van der Waals surface area contributed by atoms with Crippen LogP contribution in [-0.4, -0.2) is 111 Å². The molecule has 0 radical (unpaired) electrons. The van der Waals surface area contributed by atoms with Gasteiger partial charge in [-0.05, 0) is 58.1 Å². The second-order valence-electron chi connectivity index (χ2n) is 14.7. The van der Waals surface area contributed by atoms with Crippen molar-refractivity contribution >= 4 is 18.0 Å². The number of carbonyl (C=O) groups is 3. The smallest absolute Gasteiger partial charge is 0.410 e. The Balaban J connectivity index is 0.00000271. The molecule has 0 aromatic rings. The first-order chi connectivity index (χ1) is 24.5. The van der Waals surface area contributed by atoms with Crippen LogP contribution in [0.25, 0.3) is 0 Å². The fourth-order valence-electron chi connectivity index (χ4n) is 7.19. The first-order valence-electron chi connectivity index (χ1n) is 19.4. The lowest BCUT2D eigenvalue weighted by Gasteiger charge is -2.37. The molecule has 2 bridgehead atoms. The second kappa shape index (κ2) is 15.8. The van der Waals surface area contributed by atoms with Gasteiger partial charge in [0.25, 0.3) is 0 Å². The molecule has 4 rings (SSSR count). The van der Waals surface area contributed by atoms with Crippen molar-refractivity contribution in [2.24, 2.45) is 11.8 Å². The van der Waals surface area contributed by atoms with Crippen LogP contribution in [0.2, 0.25) is 0 Å².